The van der Waals surface area contributed by atoms with Crippen LogP contribution in [-0.4, -0.2) is 20.1 Å². The predicted molar refractivity (Wildman–Crippen MR) is 58.9 cm³/mol. The van der Waals surface area contributed by atoms with Gasteiger partial charge in [0.2, 0.25) is 0 Å². The quantitative estimate of drug-likeness (QED) is 0.439. The Morgan fingerprint density at radius 1 is 1.40 bits per heavy atom. The molecule has 1 aromatic rings. The first-order valence-electron chi connectivity index (χ1n) is 4.29. The second-order valence-corrected chi connectivity index (χ2v) is 2.65. The van der Waals surface area contributed by atoms with Crippen molar-refractivity contribution in [3.05, 3.63) is 29.8 Å². The molecule has 0 saturated heterocycles. The molecule has 5 heteroatoms. The van der Waals surface area contributed by atoms with E-state index in [0.29, 0.717) is 11.4 Å². The molecule has 0 amide bonds. The Kier molecular flexibility index (Phi) is 4.22. The van der Waals surface area contributed by atoms with Crippen molar-refractivity contribution in [2.24, 2.45) is 5.16 Å². The summed E-state index contributed by atoms with van der Waals surface area (Å²) in [5.74, 6) is 2.63. The number of nitrogens with two attached hydrogens (primary N) is 1. The lowest BCUT2D eigenvalue weighted by Crippen LogP contribution is -2.12. The van der Waals surface area contributed by atoms with Crippen LogP contribution in [-0.2, 0) is 9.68 Å². The third kappa shape index (κ3) is 3.02. The summed E-state index contributed by atoms with van der Waals surface area (Å²) in [6, 6.07) is 7.31. The highest BCUT2D eigenvalue weighted by Crippen LogP contribution is 2.16. The molecule has 0 atom stereocenters. The monoisotopic (exact) mass is 207 g/mol. The minimum atomic E-state index is 0.512. The fraction of sp³-hybridized carbons (Fsp3) is 0.200. The van der Waals surface area contributed by atoms with Gasteiger partial charge in [0, 0.05) is 11.3 Å². The van der Waals surface area contributed by atoms with E-state index in [0.717, 1.165) is 5.56 Å². The summed E-state index contributed by atoms with van der Waals surface area (Å²) in [4.78, 5) is 9.33. The number of para-hydroxylation sites is 1. The standard InChI is InChI=1S/C10H13N3O2/c1-14-12-7-10(13-15-2)8-5-3-4-6-9(8)11/h3-6,13H,11H2,1-2H3. The van der Waals surface area contributed by atoms with Gasteiger partial charge in [0.1, 0.15) is 12.8 Å². The van der Waals surface area contributed by atoms with E-state index in [4.69, 9.17) is 10.6 Å². The number of hydrogen-bond acceptors (Lipinski definition) is 5. The van der Waals surface area contributed by atoms with Gasteiger partial charge in [-0.2, -0.15) is 0 Å². The molecule has 5 nitrogen and oxygen atoms in total. The van der Waals surface area contributed by atoms with E-state index in [1.807, 2.05) is 18.2 Å². The summed E-state index contributed by atoms with van der Waals surface area (Å²) >= 11 is 0. The average molecular weight is 207 g/mol. The fourth-order valence-electron chi connectivity index (χ4n) is 1.06. The van der Waals surface area contributed by atoms with Crippen LogP contribution in [0, 0.1) is 0 Å². The van der Waals surface area contributed by atoms with Gasteiger partial charge >= 0.3 is 0 Å². The third-order valence-corrected chi connectivity index (χ3v) is 1.68. The fourth-order valence-corrected chi connectivity index (χ4v) is 1.06. The maximum Gasteiger partial charge on any atom is 0.134 e. The summed E-state index contributed by atoms with van der Waals surface area (Å²) in [7, 11) is 2.93. The van der Waals surface area contributed by atoms with Crippen LogP contribution >= 0.6 is 0 Å². The van der Waals surface area contributed by atoms with Gasteiger partial charge in [-0.05, 0) is 11.2 Å². The Balaban J connectivity index is 3.10. The van der Waals surface area contributed by atoms with Crippen molar-refractivity contribution in [3.8, 4) is 0 Å². The SMILES string of the molecule is CON=C=C(NOC)c1ccccc1N. The summed E-state index contributed by atoms with van der Waals surface area (Å²) < 4.78 is 0. The summed E-state index contributed by atoms with van der Waals surface area (Å²) in [5, 5.41) is 3.52. The molecule has 0 bridgehead atoms. The second kappa shape index (κ2) is 5.70. The van der Waals surface area contributed by atoms with Crippen LogP contribution in [0.4, 0.5) is 5.69 Å². The summed E-state index contributed by atoms with van der Waals surface area (Å²) in [6.07, 6.45) is 0. The van der Waals surface area contributed by atoms with Gasteiger partial charge in [0.25, 0.3) is 0 Å². The van der Waals surface area contributed by atoms with Gasteiger partial charge < -0.3 is 10.6 Å². The Morgan fingerprint density at radius 3 is 2.73 bits per heavy atom. The largest absolute Gasteiger partial charge is 0.398 e. The van der Waals surface area contributed by atoms with Crippen molar-refractivity contribution < 1.29 is 9.68 Å². The average Bonchev–Trinajstić information content (AvgIpc) is 2.25. The van der Waals surface area contributed by atoms with Crippen LogP contribution in [0.15, 0.2) is 29.4 Å². The normalized spacial score (nSPS) is 8.93. The van der Waals surface area contributed by atoms with E-state index in [2.05, 4.69) is 21.3 Å². The third-order valence-electron chi connectivity index (χ3n) is 1.68. The van der Waals surface area contributed by atoms with Gasteiger partial charge in [-0.3, -0.25) is 10.3 Å². The molecule has 80 valence electrons. The first kappa shape index (κ1) is 11.1. The number of nitrogens with zero attached hydrogens (tertiary/aromatic N) is 1. The molecule has 0 aliphatic rings. The minimum Gasteiger partial charge on any atom is -0.398 e. The van der Waals surface area contributed by atoms with Crippen LogP contribution < -0.4 is 11.2 Å². The Bertz CT molecular complexity index is 384. The number of benzene rings is 1. The molecule has 0 heterocycles. The van der Waals surface area contributed by atoms with Crippen LogP contribution in [0.3, 0.4) is 0 Å². The molecule has 0 aliphatic carbocycles. The topological polar surface area (TPSA) is 68.9 Å². The van der Waals surface area contributed by atoms with Crippen molar-refractivity contribution in [3.63, 3.8) is 0 Å². The molecule has 0 aromatic heterocycles. The molecule has 0 unspecified atom stereocenters. The van der Waals surface area contributed by atoms with Crippen LogP contribution in [0.25, 0.3) is 5.70 Å². The number of hydrogen-bond donors (Lipinski definition) is 2. The van der Waals surface area contributed by atoms with E-state index in [9.17, 15) is 0 Å². The zero-order chi connectivity index (χ0) is 11.1. The van der Waals surface area contributed by atoms with Gasteiger partial charge in [0.05, 0.1) is 13.0 Å². The molecular weight excluding hydrogens is 194 g/mol. The number of nitrogen functional groups attached to an aromatic ring is 1. The van der Waals surface area contributed by atoms with Gasteiger partial charge in [-0.1, -0.05) is 18.2 Å². The van der Waals surface area contributed by atoms with Crippen LogP contribution in [0.2, 0.25) is 0 Å². The van der Waals surface area contributed by atoms with E-state index in [1.54, 1.807) is 6.07 Å². The molecule has 3 N–H and O–H groups in total. The Hall–Kier alpha value is -1.97. The molecule has 0 fully saturated rings. The van der Waals surface area contributed by atoms with Crippen molar-refractivity contribution in [2.45, 2.75) is 0 Å². The van der Waals surface area contributed by atoms with Gasteiger partial charge in [-0.15, -0.1) is 0 Å². The van der Waals surface area contributed by atoms with Gasteiger partial charge in [0.15, 0.2) is 0 Å². The minimum absolute atomic E-state index is 0.512. The van der Waals surface area contributed by atoms with Crippen molar-refractivity contribution in [2.75, 3.05) is 20.0 Å². The highest BCUT2D eigenvalue weighted by molar-refractivity contribution is 5.91. The second-order valence-electron chi connectivity index (χ2n) is 2.65. The van der Waals surface area contributed by atoms with Gasteiger partial charge in [-0.25, -0.2) is 0 Å². The molecule has 0 spiro atoms. The number of nitrogens with one attached hydrogen (secondary N) is 1. The maximum atomic E-state index is 5.78. The number of rotatable bonds is 4. The Labute approximate surface area is 88.1 Å². The zero-order valence-electron chi connectivity index (χ0n) is 8.65. The number of hydroxylamine groups is 1. The lowest BCUT2D eigenvalue weighted by Gasteiger charge is -2.07. The summed E-state index contributed by atoms with van der Waals surface area (Å²) in [5.41, 5.74) is 10.3. The van der Waals surface area contributed by atoms with Crippen molar-refractivity contribution >= 4 is 17.3 Å². The van der Waals surface area contributed by atoms with Crippen molar-refractivity contribution in [1.29, 1.82) is 0 Å². The lowest BCUT2D eigenvalue weighted by molar-refractivity contribution is 0.137. The van der Waals surface area contributed by atoms with E-state index in [-0.39, 0.29) is 0 Å². The lowest BCUT2D eigenvalue weighted by atomic mass is 10.1. The van der Waals surface area contributed by atoms with Crippen LogP contribution in [0.1, 0.15) is 5.56 Å². The highest BCUT2D eigenvalue weighted by Gasteiger charge is 2.04. The Morgan fingerprint density at radius 2 is 2.13 bits per heavy atom. The highest BCUT2D eigenvalue weighted by atomic mass is 16.6. The summed E-state index contributed by atoms with van der Waals surface area (Å²) in [6.45, 7) is 0. The molecule has 15 heavy (non-hydrogen) atoms. The first-order valence-corrected chi connectivity index (χ1v) is 4.29. The van der Waals surface area contributed by atoms with Crippen LogP contribution in [0.5, 0.6) is 0 Å². The molecule has 1 rings (SSSR count). The molecule has 0 saturated carbocycles. The molecule has 1 aromatic carbocycles. The molecule has 0 aliphatic heterocycles. The van der Waals surface area contributed by atoms with E-state index >= 15 is 0 Å². The smallest absolute Gasteiger partial charge is 0.134 e. The first-order chi connectivity index (χ1) is 7.29. The van der Waals surface area contributed by atoms with Crippen molar-refractivity contribution in [1.82, 2.24) is 5.48 Å². The molecule has 0 radical (unpaired) electrons. The predicted octanol–water partition coefficient (Wildman–Crippen LogP) is 0.992. The zero-order valence-corrected chi connectivity index (χ0v) is 8.65. The molecular formula is C10H13N3O2. The number of anilines is 1. The van der Waals surface area contributed by atoms with E-state index in [1.165, 1.54) is 14.2 Å². The van der Waals surface area contributed by atoms with E-state index < -0.39 is 0 Å². The maximum absolute atomic E-state index is 5.78.